The molecule has 0 unspecified atom stereocenters. The summed E-state index contributed by atoms with van der Waals surface area (Å²) in [5.74, 6) is -4.06. The summed E-state index contributed by atoms with van der Waals surface area (Å²) in [6.45, 7) is 0. The maximum Gasteiger partial charge on any atom is 0.409 e. The maximum absolute atomic E-state index is 12.4. The SMILES string of the molecule is O=C(O)C[C@H](N1C(=O)C=CC1=O)C(F)(F)F. The number of aliphatic carboxylic acids is 1. The molecule has 1 heterocycles. The Balaban J connectivity index is 2.98. The van der Waals surface area contributed by atoms with Crippen molar-refractivity contribution in [1.29, 1.82) is 0 Å². The summed E-state index contributed by atoms with van der Waals surface area (Å²) in [5.41, 5.74) is 0. The molecule has 88 valence electrons. The molecule has 0 aliphatic carbocycles. The van der Waals surface area contributed by atoms with Gasteiger partial charge < -0.3 is 5.11 Å². The smallest absolute Gasteiger partial charge is 0.409 e. The van der Waals surface area contributed by atoms with Crippen LogP contribution in [0.25, 0.3) is 0 Å². The minimum atomic E-state index is -4.96. The lowest BCUT2D eigenvalue weighted by Crippen LogP contribution is -2.49. The molecule has 1 atom stereocenters. The predicted octanol–water partition coefficient (Wildman–Crippen LogP) is 0.317. The Bertz CT molecular complexity index is 356. The Labute approximate surface area is 87.1 Å². The van der Waals surface area contributed by atoms with Crippen LogP contribution in [0.4, 0.5) is 13.2 Å². The van der Waals surface area contributed by atoms with E-state index in [1.165, 1.54) is 0 Å². The second kappa shape index (κ2) is 3.95. The van der Waals surface area contributed by atoms with Crippen LogP contribution in [0.3, 0.4) is 0 Å². The van der Waals surface area contributed by atoms with Crippen LogP contribution in [-0.4, -0.2) is 40.0 Å². The van der Waals surface area contributed by atoms with Crippen molar-refractivity contribution in [2.24, 2.45) is 0 Å². The highest BCUT2D eigenvalue weighted by atomic mass is 19.4. The van der Waals surface area contributed by atoms with Gasteiger partial charge in [0.1, 0.15) is 6.04 Å². The fourth-order valence-electron chi connectivity index (χ4n) is 1.24. The molecular weight excluding hydrogens is 231 g/mol. The molecule has 1 aliphatic rings. The molecule has 0 bridgehead atoms. The Hall–Kier alpha value is -1.86. The van der Waals surface area contributed by atoms with Crippen molar-refractivity contribution < 1.29 is 32.7 Å². The molecule has 8 heteroatoms. The summed E-state index contributed by atoms with van der Waals surface area (Å²) in [7, 11) is 0. The normalized spacial score (nSPS) is 18.1. The highest BCUT2D eigenvalue weighted by molar-refractivity contribution is 6.13. The van der Waals surface area contributed by atoms with Gasteiger partial charge in [0.15, 0.2) is 0 Å². The number of carbonyl (C=O) groups is 3. The first-order chi connectivity index (χ1) is 7.23. The lowest BCUT2D eigenvalue weighted by atomic mass is 10.1. The van der Waals surface area contributed by atoms with E-state index in [1.807, 2.05) is 0 Å². The fraction of sp³-hybridized carbons (Fsp3) is 0.375. The van der Waals surface area contributed by atoms with Crippen molar-refractivity contribution in [3.63, 3.8) is 0 Å². The molecule has 0 aromatic rings. The van der Waals surface area contributed by atoms with E-state index < -0.39 is 36.4 Å². The molecule has 0 radical (unpaired) electrons. The summed E-state index contributed by atoms with van der Waals surface area (Å²) in [4.78, 5) is 32.1. The summed E-state index contributed by atoms with van der Waals surface area (Å²) in [6.07, 6.45) is -4.98. The molecule has 0 spiro atoms. The van der Waals surface area contributed by atoms with Crippen molar-refractivity contribution in [3.8, 4) is 0 Å². The molecule has 0 aromatic heterocycles. The zero-order valence-corrected chi connectivity index (χ0v) is 7.69. The van der Waals surface area contributed by atoms with Gasteiger partial charge in [-0.2, -0.15) is 13.2 Å². The van der Waals surface area contributed by atoms with E-state index in [0.717, 1.165) is 0 Å². The number of amides is 2. The number of rotatable bonds is 3. The van der Waals surface area contributed by atoms with Crippen molar-refractivity contribution in [2.45, 2.75) is 18.6 Å². The number of alkyl halides is 3. The van der Waals surface area contributed by atoms with E-state index >= 15 is 0 Å². The molecule has 0 saturated heterocycles. The molecule has 0 saturated carbocycles. The number of imide groups is 1. The van der Waals surface area contributed by atoms with Crippen LogP contribution in [0.2, 0.25) is 0 Å². The number of halogens is 3. The maximum atomic E-state index is 12.4. The first-order valence-corrected chi connectivity index (χ1v) is 4.07. The van der Waals surface area contributed by atoms with Gasteiger partial charge in [-0.25, -0.2) is 0 Å². The van der Waals surface area contributed by atoms with Crippen molar-refractivity contribution in [3.05, 3.63) is 12.2 Å². The van der Waals surface area contributed by atoms with Gasteiger partial charge in [-0.1, -0.05) is 0 Å². The highest BCUT2D eigenvalue weighted by Gasteiger charge is 2.49. The zero-order valence-electron chi connectivity index (χ0n) is 7.69. The Kier molecular flexibility index (Phi) is 3.02. The standard InChI is InChI=1S/C8H6F3NO4/c9-8(10,11)4(3-7(15)16)12-5(13)1-2-6(12)14/h1-2,4H,3H2,(H,15,16)/t4-/m0/s1. The largest absolute Gasteiger partial charge is 0.481 e. The summed E-state index contributed by atoms with van der Waals surface area (Å²) in [6, 6.07) is -2.63. The number of carbonyl (C=O) groups excluding carboxylic acids is 2. The number of nitrogens with zero attached hydrogens (tertiary/aromatic N) is 1. The third kappa shape index (κ3) is 2.38. The topological polar surface area (TPSA) is 74.7 Å². The third-order valence-electron chi connectivity index (χ3n) is 1.90. The monoisotopic (exact) mass is 237 g/mol. The van der Waals surface area contributed by atoms with Gasteiger partial charge in [0.25, 0.3) is 11.8 Å². The van der Waals surface area contributed by atoms with Gasteiger partial charge in [0.2, 0.25) is 0 Å². The second-order valence-corrected chi connectivity index (χ2v) is 3.04. The molecule has 16 heavy (non-hydrogen) atoms. The van der Waals surface area contributed by atoms with E-state index in [2.05, 4.69) is 0 Å². The summed E-state index contributed by atoms with van der Waals surface area (Å²) in [5, 5.41) is 8.31. The van der Waals surface area contributed by atoms with Crippen LogP contribution in [0.15, 0.2) is 12.2 Å². The lowest BCUT2D eigenvalue weighted by molar-refractivity contribution is -0.193. The van der Waals surface area contributed by atoms with Gasteiger partial charge >= 0.3 is 12.1 Å². The molecule has 2 amide bonds. The van der Waals surface area contributed by atoms with Gasteiger partial charge in [-0.3, -0.25) is 19.3 Å². The van der Waals surface area contributed by atoms with Gasteiger partial charge in [0.05, 0.1) is 6.42 Å². The van der Waals surface area contributed by atoms with Crippen LogP contribution in [0.1, 0.15) is 6.42 Å². The number of hydrogen-bond donors (Lipinski definition) is 1. The summed E-state index contributed by atoms with van der Waals surface area (Å²) >= 11 is 0. The average molecular weight is 237 g/mol. The molecule has 1 N–H and O–H groups in total. The van der Waals surface area contributed by atoms with E-state index in [-0.39, 0.29) is 4.90 Å². The van der Waals surface area contributed by atoms with Crippen LogP contribution in [0.5, 0.6) is 0 Å². The molecular formula is C8H6F3NO4. The first kappa shape index (κ1) is 12.2. The molecule has 0 aromatic carbocycles. The van der Waals surface area contributed by atoms with Crippen LogP contribution >= 0.6 is 0 Å². The highest BCUT2D eigenvalue weighted by Crippen LogP contribution is 2.29. The van der Waals surface area contributed by atoms with Crippen LogP contribution in [0, 0.1) is 0 Å². The number of hydrogen-bond acceptors (Lipinski definition) is 3. The third-order valence-corrected chi connectivity index (χ3v) is 1.90. The van der Waals surface area contributed by atoms with Crippen molar-refractivity contribution in [1.82, 2.24) is 4.90 Å². The van der Waals surface area contributed by atoms with E-state index in [4.69, 9.17) is 5.11 Å². The van der Waals surface area contributed by atoms with Crippen molar-refractivity contribution in [2.75, 3.05) is 0 Å². The molecule has 1 rings (SSSR count). The van der Waals surface area contributed by atoms with E-state index in [9.17, 15) is 27.6 Å². The van der Waals surface area contributed by atoms with Crippen LogP contribution in [-0.2, 0) is 14.4 Å². The zero-order chi connectivity index (χ0) is 12.5. The summed E-state index contributed by atoms with van der Waals surface area (Å²) < 4.78 is 37.3. The number of carboxylic acids is 1. The average Bonchev–Trinajstić information content (AvgIpc) is 2.41. The van der Waals surface area contributed by atoms with Crippen molar-refractivity contribution >= 4 is 17.8 Å². The van der Waals surface area contributed by atoms with E-state index in [1.54, 1.807) is 0 Å². The van der Waals surface area contributed by atoms with Gasteiger partial charge in [-0.05, 0) is 0 Å². The van der Waals surface area contributed by atoms with Gasteiger partial charge in [0, 0.05) is 12.2 Å². The van der Waals surface area contributed by atoms with Gasteiger partial charge in [-0.15, -0.1) is 0 Å². The Morgan fingerprint density at radius 1 is 1.31 bits per heavy atom. The molecule has 5 nitrogen and oxygen atoms in total. The first-order valence-electron chi connectivity index (χ1n) is 4.07. The van der Waals surface area contributed by atoms with E-state index in [0.29, 0.717) is 12.2 Å². The minimum absolute atomic E-state index is 0.103. The molecule has 0 fully saturated rings. The predicted molar refractivity (Wildman–Crippen MR) is 43.1 cm³/mol. The number of carboxylic acid groups (broad SMARTS) is 1. The minimum Gasteiger partial charge on any atom is -0.481 e. The Morgan fingerprint density at radius 2 is 1.75 bits per heavy atom. The quantitative estimate of drug-likeness (QED) is 0.717. The lowest BCUT2D eigenvalue weighted by Gasteiger charge is -2.26. The van der Waals surface area contributed by atoms with Crippen LogP contribution < -0.4 is 0 Å². The fourth-order valence-corrected chi connectivity index (χ4v) is 1.24. The second-order valence-electron chi connectivity index (χ2n) is 3.04. The molecule has 1 aliphatic heterocycles. The Morgan fingerprint density at radius 3 is 2.06 bits per heavy atom.